The Labute approximate surface area is 371 Å². The van der Waals surface area contributed by atoms with Gasteiger partial charge in [-0.1, -0.05) is 110 Å². The first kappa shape index (κ1) is 56.2. The van der Waals surface area contributed by atoms with Gasteiger partial charge in [-0.05, 0) is 56.9 Å². The van der Waals surface area contributed by atoms with E-state index in [4.69, 9.17) is 28.8 Å². The smallest absolute Gasteiger partial charge is 0.335 e. The first-order valence-corrected chi connectivity index (χ1v) is 23.3. The van der Waals surface area contributed by atoms with Gasteiger partial charge < -0.3 is 49.8 Å². The van der Waals surface area contributed by atoms with Crippen molar-refractivity contribution in [2.75, 3.05) is 65.9 Å². The predicted octanol–water partition coefficient (Wildman–Crippen LogP) is 7.44. The number of hydrogen-bond donors (Lipinski definition) is 5. The van der Waals surface area contributed by atoms with Gasteiger partial charge in [-0.2, -0.15) is 0 Å². The lowest BCUT2D eigenvalue weighted by Crippen LogP contribution is -2.41. The van der Waals surface area contributed by atoms with Gasteiger partial charge in [-0.3, -0.25) is 14.4 Å². The molecule has 15 nitrogen and oxygen atoms in total. The average Bonchev–Trinajstić information content (AvgIpc) is 3.25. The van der Waals surface area contributed by atoms with Crippen LogP contribution in [0.25, 0.3) is 0 Å². The van der Waals surface area contributed by atoms with Crippen LogP contribution in [0.15, 0.2) is 24.3 Å². The summed E-state index contributed by atoms with van der Waals surface area (Å²) in [7, 11) is 0. The van der Waals surface area contributed by atoms with Crippen LogP contribution in [0.5, 0.6) is 5.75 Å². The summed E-state index contributed by atoms with van der Waals surface area (Å²) in [6.07, 6.45) is 22.1. The molecule has 0 aliphatic heterocycles. The number of nitrogens with one attached hydrogen (secondary N) is 3. The van der Waals surface area contributed by atoms with Gasteiger partial charge in [0.15, 0.2) is 0 Å². The van der Waals surface area contributed by atoms with E-state index < -0.39 is 18.0 Å². The zero-order chi connectivity index (χ0) is 45.3. The molecule has 0 aliphatic carbocycles. The van der Waals surface area contributed by atoms with Crippen molar-refractivity contribution in [2.45, 2.75) is 160 Å². The van der Waals surface area contributed by atoms with Crippen molar-refractivity contribution in [1.29, 1.82) is 0 Å². The van der Waals surface area contributed by atoms with Crippen molar-refractivity contribution in [1.82, 2.24) is 16.0 Å². The van der Waals surface area contributed by atoms with Crippen molar-refractivity contribution < 1.29 is 57.9 Å². The Morgan fingerprint density at radius 1 is 0.565 bits per heavy atom. The van der Waals surface area contributed by atoms with Crippen LogP contribution in [0.4, 0.5) is 0 Å². The molecule has 0 aliphatic rings. The molecule has 1 unspecified atom stereocenters. The largest absolute Gasteiger partial charge is 0.494 e. The zero-order valence-corrected chi connectivity index (χ0v) is 37.8. The summed E-state index contributed by atoms with van der Waals surface area (Å²) in [5.41, 5.74) is 0.212. The second kappa shape index (κ2) is 40.0. The van der Waals surface area contributed by atoms with Gasteiger partial charge in [0.25, 0.3) is 0 Å². The van der Waals surface area contributed by atoms with E-state index >= 15 is 0 Å². The molecule has 355 valence electrons. The summed E-state index contributed by atoms with van der Waals surface area (Å²) >= 11 is 0. The number of aliphatic carboxylic acids is 1. The summed E-state index contributed by atoms with van der Waals surface area (Å²) in [5, 5.41) is 26.4. The van der Waals surface area contributed by atoms with Crippen LogP contribution in [0.2, 0.25) is 0 Å². The minimum absolute atomic E-state index is 0.0296. The highest BCUT2D eigenvalue weighted by Gasteiger charge is 2.21. The SMILES string of the molecule is [CH2]C(CCCCCCCCCCCCCC)OCCOCCNC(=O)COCCOCCNC(=O)CC[C@H](NC(=O)CCCCCCCCOc1ccc(C(=O)O)cc1)C(=O)O. The number of aromatic carboxylic acids is 1. The Hall–Kier alpha value is -3.79. The first-order valence-electron chi connectivity index (χ1n) is 23.3. The molecule has 2 atom stereocenters. The second-order valence-corrected chi connectivity index (χ2v) is 15.7. The predicted molar refractivity (Wildman–Crippen MR) is 239 cm³/mol. The van der Waals surface area contributed by atoms with Gasteiger partial charge in [-0.15, -0.1) is 0 Å². The van der Waals surface area contributed by atoms with Gasteiger partial charge in [0, 0.05) is 25.9 Å². The Kier molecular flexibility index (Phi) is 36.3. The number of carbonyl (C=O) groups is 5. The third kappa shape index (κ3) is 34.8. The zero-order valence-electron chi connectivity index (χ0n) is 37.8. The highest BCUT2D eigenvalue weighted by molar-refractivity contribution is 5.87. The minimum atomic E-state index is -1.19. The molecule has 1 rings (SSSR count). The monoisotopic (exact) mass is 879 g/mol. The van der Waals surface area contributed by atoms with Crippen LogP contribution in [-0.2, 0) is 38.1 Å². The summed E-state index contributed by atoms with van der Waals surface area (Å²) in [6, 6.07) is 5.12. The Balaban J connectivity index is 1.90. The van der Waals surface area contributed by atoms with Crippen molar-refractivity contribution >= 4 is 29.7 Å². The van der Waals surface area contributed by atoms with Crippen molar-refractivity contribution in [3.8, 4) is 5.75 Å². The van der Waals surface area contributed by atoms with E-state index in [2.05, 4.69) is 29.8 Å². The maximum Gasteiger partial charge on any atom is 0.335 e. The standard InChI is InChI=1S/C47H80N3O12/c1-3-4-5-6-7-8-9-10-11-12-15-18-21-39(2)61-37-36-59-33-30-49-45(53)38-60-35-34-58-32-29-48-43(51)28-27-42(47(56)57)50-44(52)22-19-16-13-14-17-20-31-62-41-25-23-40(24-26-41)46(54)55/h23-26,39,42H,2-22,27-38H2,1H3,(H,48,51)(H,49,53)(H,50,52)(H,54,55)(H,56,57)/t39?,42-/m0/s1. The number of unbranched alkanes of at least 4 members (excludes halogenated alkanes) is 16. The number of benzene rings is 1. The van der Waals surface area contributed by atoms with E-state index in [1.165, 1.54) is 82.8 Å². The fourth-order valence-electron chi connectivity index (χ4n) is 6.50. The number of amides is 3. The molecule has 62 heavy (non-hydrogen) atoms. The molecule has 0 heterocycles. The molecule has 3 amide bonds. The number of carboxylic acid groups (broad SMARTS) is 2. The molecule has 0 saturated heterocycles. The van der Waals surface area contributed by atoms with E-state index in [-0.39, 0.29) is 81.6 Å². The Morgan fingerprint density at radius 3 is 1.69 bits per heavy atom. The van der Waals surface area contributed by atoms with E-state index in [0.29, 0.717) is 45.1 Å². The van der Waals surface area contributed by atoms with Crippen LogP contribution in [0.3, 0.4) is 0 Å². The lowest BCUT2D eigenvalue weighted by molar-refractivity contribution is -0.142. The third-order valence-electron chi connectivity index (χ3n) is 10.2. The van der Waals surface area contributed by atoms with Crippen LogP contribution in [-0.4, -0.2) is 118 Å². The van der Waals surface area contributed by atoms with E-state index in [1.54, 1.807) is 12.1 Å². The third-order valence-corrected chi connectivity index (χ3v) is 10.2. The quantitative estimate of drug-likeness (QED) is 0.0406. The fourth-order valence-corrected chi connectivity index (χ4v) is 6.50. The second-order valence-electron chi connectivity index (χ2n) is 15.7. The van der Waals surface area contributed by atoms with Gasteiger partial charge >= 0.3 is 11.9 Å². The molecule has 15 heteroatoms. The summed E-state index contributed by atoms with van der Waals surface area (Å²) in [4.78, 5) is 59.1. The van der Waals surface area contributed by atoms with Crippen molar-refractivity contribution in [3.05, 3.63) is 36.8 Å². The van der Waals surface area contributed by atoms with Crippen molar-refractivity contribution in [3.63, 3.8) is 0 Å². The highest BCUT2D eigenvalue weighted by atomic mass is 16.5. The molecule has 5 N–H and O–H groups in total. The molecule has 0 aromatic heterocycles. The van der Waals surface area contributed by atoms with Crippen LogP contribution in [0.1, 0.15) is 159 Å². The number of carbonyl (C=O) groups excluding carboxylic acids is 3. The maximum absolute atomic E-state index is 12.3. The van der Waals surface area contributed by atoms with Crippen molar-refractivity contribution in [2.24, 2.45) is 0 Å². The van der Waals surface area contributed by atoms with E-state index in [1.807, 2.05) is 0 Å². The highest BCUT2D eigenvalue weighted by Crippen LogP contribution is 2.15. The van der Waals surface area contributed by atoms with Crippen LogP contribution >= 0.6 is 0 Å². The van der Waals surface area contributed by atoms with Gasteiger partial charge in [0.2, 0.25) is 17.7 Å². The van der Waals surface area contributed by atoms with Gasteiger partial charge in [0.05, 0.1) is 57.9 Å². The minimum Gasteiger partial charge on any atom is -0.494 e. The lowest BCUT2D eigenvalue weighted by Gasteiger charge is -2.14. The Bertz CT molecular complexity index is 1300. The van der Waals surface area contributed by atoms with Crippen LogP contribution < -0.4 is 20.7 Å². The normalized spacial score (nSPS) is 12.1. The molecule has 0 saturated carbocycles. The topological polar surface area (TPSA) is 208 Å². The average molecular weight is 879 g/mol. The summed E-state index contributed by atoms with van der Waals surface area (Å²) in [5.74, 6) is -2.52. The molecule has 1 aromatic carbocycles. The molecule has 0 spiro atoms. The van der Waals surface area contributed by atoms with E-state index in [9.17, 15) is 29.1 Å². The number of ether oxygens (including phenoxy) is 5. The molecule has 0 bridgehead atoms. The molecule has 1 aromatic rings. The number of rotatable bonds is 44. The van der Waals surface area contributed by atoms with Gasteiger partial charge in [0.1, 0.15) is 18.4 Å². The molecular formula is C47H80N3O12. The fraction of sp³-hybridized carbons (Fsp3) is 0.745. The van der Waals surface area contributed by atoms with Crippen LogP contribution in [0, 0.1) is 6.92 Å². The maximum atomic E-state index is 12.3. The van der Waals surface area contributed by atoms with E-state index in [0.717, 1.165) is 44.9 Å². The molecular weight excluding hydrogens is 799 g/mol. The summed E-state index contributed by atoms with van der Waals surface area (Å²) < 4.78 is 27.6. The van der Waals surface area contributed by atoms with Gasteiger partial charge in [-0.25, -0.2) is 9.59 Å². The Morgan fingerprint density at radius 2 is 1.10 bits per heavy atom. The number of hydrogen-bond acceptors (Lipinski definition) is 10. The molecule has 0 fully saturated rings. The number of carboxylic acids is 2. The molecule has 1 radical (unpaired) electrons. The summed E-state index contributed by atoms with van der Waals surface area (Å²) in [6.45, 7) is 9.28. The first-order chi connectivity index (χ1) is 30.1. The lowest BCUT2D eigenvalue weighted by atomic mass is 10.0.